The van der Waals surface area contributed by atoms with Gasteiger partial charge in [0.25, 0.3) is 0 Å². The summed E-state index contributed by atoms with van der Waals surface area (Å²) in [7, 11) is 2.08. The number of benzene rings is 1. The molecule has 2 nitrogen and oxygen atoms in total. The van der Waals surface area contributed by atoms with Crippen LogP contribution in [0.1, 0.15) is 43.9 Å². The first kappa shape index (κ1) is 14.5. The number of aryl methyl sites for hydroxylation is 1. The fourth-order valence-electron chi connectivity index (χ4n) is 3.58. The molecule has 0 bridgehead atoms. The Balaban J connectivity index is 2.33. The molecule has 1 aliphatic heterocycles. The summed E-state index contributed by atoms with van der Waals surface area (Å²) < 4.78 is 0. The van der Waals surface area contributed by atoms with Gasteiger partial charge in [0, 0.05) is 6.04 Å². The number of nitrogens with zero attached hydrogens (tertiary/aromatic N) is 1. The van der Waals surface area contributed by atoms with Gasteiger partial charge >= 0.3 is 0 Å². The summed E-state index contributed by atoms with van der Waals surface area (Å²) >= 11 is 0. The summed E-state index contributed by atoms with van der Waals surface area (Å²) in [5, 5.41) is 3.39. The van der Waals surface area contributed by atoms with E-state index in [1.165, 1.54) is 24.9 Å². The van der Waals surface area contributed by atoms with Crippen LogP contribution in [0.2, 0.25) is 0 Å². The predicted molar refractivity (Wildman–Crippen MR) is 82.5 cm³/mol. The second-order valence-electron chi connectivity index (χ2n) is 5.59. The second-order valence-corrected chi connectivity index (χ2v) is 5.59. The molecule has 0 aromatic heterocycles. The first-order valence-corrected chi connectivity index (χ1v) is 7.78. The van der Waals surface area contributed by atoms with Gasteiger partial charge in [-0.05, 0) is 63.0 Å². The van der Waals surface area contributed by atoms with Crippen LogP contribution in [0.5, 0.6) is 0 Å². The Morgan fingerprint density at radius 2 is 2.05 bits per heavy atom. The van der Waals surface area contributed by atoms with Crippen LogP contribution in [0.15, 0.2) is 24.3 Å². The number of rotatable bonds is 5. The summed E-state index contributed by atoms with van der Waals surface area (Å²) in [5.74, 6) is 0.742. The van der Waals surface area contributed by atoms with Gasteiger partial charge in [-0.2, -0.15) is 0 Å². The Morgan fingerprint density at radius 3 is 2.74 bits per heavy atom. The van der Waals surface area contributed by atoms with Gasteiger partial charge in [0.2, 0.25) is 0 Å². The maximum atomic E-state index is 3.39. The van der Waals surface area contributed by atoms with Gasteiger partial charge in [-0.15, -0.1) is 0 Å². The fourth-order valence-corrected chi connectivity index (χ4v) is 3.58. The third-order valence-corrected chi connectivity index (χ3v) is 4.49. The zero-order chi connectivity index (χ0) is 13.7. The maximum absolute atomic E-state index is 3.39. The van der Waals surface area contributed by atoms with E-state index in [4.69, 9.17) is 0 Å². The van der Waals surface area contributed by atoms with Crippen LogP contribution in [0.3, 0.4) is 0 Å². The van der Waals surface area contributed by atoms with Crippen molar-refractivity contribution < 1.29 is 0 Å². The molecular weight excluding hydrogens is 232 g/mol. The van der Waals surface area contributed by atoms with E-state index in [9.17, 15) is 0 Å². The molecule has 1 N–H and O–H groups in total. The normalized spacial score (nSPS) is 24.6. The van der Waals surface area contributed by atoms with E-state index in [1.807, 2.05) is 0 Å². The highest BCUT2D eigenvalue weighted by Gasteiger charge is 2.32. The molecule has 106 valence electrons. The highest BCUT2D eigenvalue weighted by Crippen LogP contribution is 2.37. The Morgan fingerprint density at radius 1 is 1.26 bits per heavy atom. The lowest BCUT2D eigenvalue weighted by molar-refractivity contribution is 0.0976. The third-order valence-electron chi connectivity index (χ3n) is 4.49. The number of hydrogen-bond donors (Lipinski definition) is 1. The van der Waals surface area contributed by atoms with Gasteiger partial charge in [-0.3, -0.25) is 4.90 Å². The smallest absolute Gasteiger partial charge is 0.0391 e. The molecule has 0 spiro atoms. The van der Waals surface area contributed by atoms with Gasteiger partial charge < -0.3 is 5.32 Å². The molecule has 2 heteroatoms. The predicted octanol–water partition coefficient (Wildman–Crippen LogP) is 3.24. The number of piperidine rings is 1. The molecule has 1 saturated heterocycles. The van der Waals surface area contributed by atoms with Crippen LogP contribution >= 0.6 is 0 Å². The van der Waals surface area contributed by atoms with Crippen LogP contribution in [0, 0.1) is 5.92 Å². The summed E-state index contributed by atoms with van der Waals surface area (Å²) in [6.45, 7) is 8.09. The van der Waals surface area contributed by atoms with Crippen molar-refractivity contribution in [3.8, 4) is 0 Å². The summed E-state index contributed by atoms with van der Waals surface area (Å²) in [5.41, 5.74) is 3.08. The minimum atomic E-state index is 0.599. The molecule has 19 heavy (non-hydrogen) atoms. The standard InChI is InChI=1S/C17H28N2/c1-4-14-9-6-7-11-16(14)17-15(13-18-3)10-8-12-19(17)5-2/h6-7,9,11,15,17-18H,4-5,8,10,12-13H2,1-3H3. The minimum absolute atomic E-state index is 0.599. The number of hydrogen-bond acceptors (Lipinski definition) is 2. The van der Waals surface area contributed by atoms with Gasteiger partial charge in [0.15, 0.2) is 0 Å². The van der Waals surface area contributed by atoms with Crippen molar-refractivity contribution in [1.29, 1.82) is 0 Å². The zero-order valence-corrected chi connectivity index (χ0v) is 12.7. The van der Waals surface area contributed by atoms with E-state index in [2.05, 4.69) is 55.4 Å². The van der Waals surface area contributed by atoms with Gasteiger partial charge in [-0.1, -0.05) is 38.1 Å². The second kappa shape index (κ2) is 7.06. The average Bonchev–Trinajstić information content (AvgIpc) is 2.47. The Hall–Kier alpha value is -0.860. The van der Waals surface area contributed by atoms with Crippen molar-refractivity contribution in [1.82, 2.24) is 10.2 Å². The van der Waals surface area contributed by atoms with Crippen LogP contribution in [0.25, 0.3) is 0 Å². The maximum Gasteiger partial charge on any atom is 0.0391 e. The van der Waals surface area contributed by atoms with E-state index >= 15 is 0 Å². The molecule has 1 aromatic carbocycles. The molecule has 1 aromatic rings. The summed E-state index contributed by atoms with van der Waals surface area (Å²) in [6.07, 6.45) is 3.82. The number of nitrogens with one attached hydrogen (secondary N) is 1. The Bertz CT molecular complexity index is 387. The topological polar surface area (TPSA) is 15.3 Å². The van der Waals surface area contributed by atoms with Crippen molar-refractivity contribution in [3.05, 3.63) is 35.4 Å². The molecule has 0 amide bonds. The first-order valence-electron chi connectivity index (χ1n) is 7.78. The molecule has 0 aliphatic carbocycles. The van der Waals surface area contributed by atoms with Crippen molar-refractivity contribution in [2.75, 3.05) is 26.7 Å². The molecule has 1 aliphatic rings. The van der Waals surface area contributed by atoms with Gasteiger partial charge in [0.1, 0.15) is 0 Å². The van der Waals surface area contributed by atoms with E-state index in [1.54, 1.807) is 5.56 Å². The molecule has 0 saturated carbocycles. The molecule has 2 rings (SSSR count). The molecule has 1 fully saturated rings. The lowest BCUT2D eigenvalue weighted by Gasteiger charge is -2.42. The summed E-state index contributed by atoms with van der Waals surface area (Å²) in [4.78, 5) is 2.67. The molecular formula is C17H28N2. The van der Waals surface area contributed by atoms with E-state index in [0.29, 0.717) is 6.04 Å². The first-order chi connectivity index (χ1) is 9.31. The Labute approximate surface area is 118 Å². The van der Waals surface area contributed by atoms with Gasteiger partial charge in [0.05, 0.1) is 0 Å². The monoisotopic (exact) mass is 260 g/mol. The van der Waals surface area contributed by atoms with Crippen LogP contribution in [0.4, 0.5) is 0 Å². The van der Waals surface area contributed by atoms with Crippen molar-refractivity contribution in [3.63, 3.8) is 0 Å². The largest absolute Gasteiger partial charge is 0.319 e. The third kappa shape index (κ3) is 3.18. The lowest BCUT2D eigenvalue weighted by atomic mass is 9.82. The molecule has 2 unspecified atom stereocenters. The SMILES string of the molecule is CCc1ccccc1C1C(CNC)CCCN1CC. The zero-order valence-electron chi connectivity index (χ0n) is 12.7. The van der Waals surface area contributed by atoms with Crippen molar-refractivity contribution in [2.45, 2.75) is 39.2 Å². The lowest BCUT2D eigenvalue weighted by Crippen LogP contribution is -2.42. The van der Waals surface area contributed by atoms with Crippen LogP contribution < -0.4 is 5.32 Å². The van der Waals surface area contributed by atoms with Crippen molar-refractivity contribution in [2.24, 2.45) is 5.92 Å². The average molecular weight is 260 g/mol. The Kier molecular flexibility index (Phi) is 5.41. The number of likely N-dealkylation sites (tertiary alicyclic amines) is 1. The van der Waals surface area contributed by atoms with E-state index < -0.39 is 0 Å². The van der Waals surface area contributed by atoms with E-state index in [-0.39, 0.29) is 0 Å². The summed E-state index contributed by atoms with van der Waals surface area (Å²) in [6, 6.07) is 9.62. The minimum Gasteiger partial charge on any atom is -0.319 e. The molecule has 2 atom stereocenters. The quantitative estimate of drug-likeness (QED) is 0.874. The fraction of sp³-hybridized carbons (Fsp3) is 0.647. The highest BCUT2D eigenvalue weighted by atomic mass is 15.2. The highest BCUT2D eigenvalue weighted by molar-refractivity contribution is 5.31. The van der Waals surface area contributed by atoms with Gasteiger partial charge in [-0.25, -0.2) is 0 Å². The van der Waals surface area contributed by atoms with Crippen LogP contribution in [-0.4, -0.2) is 31.6 Å². The molecule has 1 heterocycles. The van der Waals surface area contributed by atoms with E-state index in [0.717, 1.165) is 25.4 Å². The molecule has 0 radical (unpaired) electrons. The van der Waals surface area contributed by atoms with Crippen molar-refractivity contribution >= 4 is 0 Å². The van der Waals surface area contributed by atoms with Crippen LogP contribution in [-0.2, 0) is 6.42 Å².